The molecule has 0 aromatic heterocycles. The number of halogens is 1. The van der Waals surface area contributed by atoms with Crippen LogP contribution in [-0.2, 0) is 20.9 Å². The number of non-ortho nitro benzene ring substituents is 1. The Bertz CT molecular complexity index is 1030. The second-order valence-corrected chi connectivity index (χ2v) is 11.0. The summed E-state index contributed by atoms with van der Waals surface area (Å²) in [6.45, 7) is 11.3. The predicted molar refractivity (Wildman–Crippen MR) is 114 cm³/mol. The highest BCUT2D eigenvalue weighted by atomic mass is 35.5. The van der Waals surface area contributed by atoms with Gasteiger partial charge in [-0.05, 0) is 29.0 Å². The van der Waals surface area contributed by atoms with Gasteiger partial charge < -0.3 is 5.11 Å². The zero-order valence-electron chi connectivity index (χ0n) is 17.2. The summed E-state index contributed by atoms with van der Waals surface area (Å²) in [5.74, 6) is 0.0670. The van der Waals surface area contributed by atoms with Crippen molar-refractivity contribution >= 4 is 33.0 Å². The molecule has 0 amide bonds. The van der Waals surface area contributed by atoms with Crippen LogP contribution in [0.4, 0.5) is 11.4 Å². The Morgan fingerprint density at radius 3 is 1.86 bits per heavy atom. The van der Waals surface area contributed by atoms with E-state index in [0.29, 0.717) is 11.1 Å². The summed E-state index contributed by atoms with van der Waals surface area (Å²) in [5.41, 5.74) is -0.214. The van der Waals surface area contributed by atoms with Gasteiger partial charge in [-0.2, -0.15) is 0 Å². The number of phenolic OH excluding ortho intramolecular Hbond substituents is 1. The Hall–Kier alpha value is -2.32. The molecule has 0 spiro atoms. The third kappa shape index (κ3) is 5.00. The summed E-state index contributed by atoms with van der Waals surface area (Å²) in [5, 5.41) is 21.5. The number of benzene rings is 2. The number of hydrogen-bond donors (Lipinski definition) is 2. The summed E-state index contributed by atoms with van der Waals surface area (Å²) >= 11 is 6.03. The molecular weight excluding hydrogens is 416 g/mol. The van der Waals surface area contributed by atoms with Crippen LogP contribution in [0.15, 0.2) is 35.2 Å². The van der Waals surface area contributed by atoms with E-state index in [4.69, 9.17) is 11.6 Å². The third-order valence-corrected chi connectivity index (χ3v) is 6.08. The fourth-order valence-corrected chi connectivity index (χ4v) is 4.22. The first-order valence-electron chi connectivity index (χ1n) is 8.89. The van der Waals surface area contributed by atoms with Gasteiger partial charge in [0.15, 0.2) is 0 Å². The molecule has 2 aromatic rings. The number of sulfonamides is 1. The molecule has 0 aliphatic heterocycles. The van der Waals surface area contributed by atoms with Crippen molar-refractivity contribution in [1.82, 2.24) is 0 Å². The number of nitrogens with one attached hydrogen (secondary N) is 1. The van der Waals surface area contributed by atoms with Crippen molar-refractivity contribution in [2.75, 3.05) is 4.72 Å². The summed E-state index contributed by atoms with van der Waals surface area (Å²) in [4.78, 5) is 10.2. The van der Waals surface area contributed by atoms with Crippen LogP contribution < -0.4 is 4.72 Å². The van der Waals surface area contributed by atoms with E-state index >= 15 is 0 Å². The zero-order chi connectivity index (χ0) is 22.4. The number of rotatable bonds is 4. The molecule has 0 saturated heterocycles. The minimum Gasteiger partial charge on any atom is -0.507 e. The lowest BCUT2D eigenvalue weighted by Gasteiger charge is -2.28. The maximum atomic E-state index is 13.1. The van der Waals surface area contributed by atoms with Crippen molar-refractivity contribution in [1.29, 1.82) is 0 Å². The Morgan fingerprint density at radius 1 is 1.00 bits per heavy atom. The molecular formula is C20H25ClN2O5S. The molecule has 0 bridgehead atoms. The zero-order valence-corrected chi connectivity index (χ0v) is 18.8. The highest BCUT2D eigenvalue weighted by molar-refractivity contribution is 7.92. The highest BCUT2D eigenvalue weighted by Crippen LogP contribution is 2.41. The fourth-order valence-electron chi connectivity index (χ4n) is 2.81. The van der Waals surface area contributed by atoms with Gasteiger partial charge in [0.2, 0.25) is 0 Å². The van der Waals surface area contributed by atoms with Gasteiger partial charge in [0.25, 0.3) is 15.7 Å². The van der Waals surface area contributed by atoms with E-state index in [0.717, 1.165) is 6.07 Å². The van der Waals surface area contributed by atoms with Gasteiger partial charge in [-0.3, -0.25) is 14.8 Å². The van der Waals surface area contributed by atoms with E-state index in [1.54, 1.807) is 0 Å². The molecule has 0 fully saturated rings. The lowest BCUT2D eigenvalue weighted by molar-refractivity contribution is -0.384. The Balaban J connectivity index is 2.62. The van der Waals surface area contributed by atoms with E-state index in [1.807, 2.05) is 41.5 Å². The van der Waals surface area contributed by atoms with Crippen LogP contribution in [0.3, 0.4) is 0 Å². The summed E-state index contributed by atoms with van der Waals surface area (Å²) in [6.07, 6.45) is 0. The minimum absolute atomic E-state index is 0.0277. The second kappa shape index (κ2) is 7.50. The number of nitro benzene ring substituents is 1. The van der Waals surface area contributed by atoms with E-state index < -0.39 is 25.8 Å². The van der Waals surface area contributed by atoms with Gasteiger partial charge in [0, 0.05) is 23.3 Å². The van der Waals surface area contributed by atoms with E-state index in [9.17, 15) is 23.6 Å². The standard InChI is InChI=1S/C20H25ClN2O5S/c1-19(2,3)14-10-13(11-15(18(14)24)20(4,5)6)29(27,28)22-17-8-7-12(23(25)26)9-16(17)21/h7-11,22,24H,1-6H3. The van der Waals surface area contributed by atoms with E-state index in [2.05, 4.69) is 4.72 Å². The topological polar surface area (TPSA) is 110 Å². The molecule has 0 radical (unpaired) electrons. The first kappa shape index (κ1) is 23.0. The average molecular weight is 441 g/mol. The number of nitro groups is 1. The second-order valence-electron chi connectivity index (χ2n) is 8.89. The minimum atomic E-state index is -4.07. The molecule has 9 heteroatoms. The molecule has 29 heavy (non-hydrogen) atoms. The molecule has 2 N–H and O–H groups in total. The van der Waals surface area contributed by atoms with Crippen molar-refractivity contribution in [2.24, 2.45) is 0 Å². The lowest BCUT2D eigenvalue weighted by Crippen LogP contribution is -2.20. The molecule has 2 rings (SSSR count). The first-order valence-corrected chi connectivity index (χ1v) is 10.7. The lowest BCUT2D eigenvalue weighted by atomic mass is 9.79. The Kier molecular flexibility index (Phi) is 5.94. The van der Waals surface area contributed by atoms with Gasteiger partial charge in [0.1, 0.15) is 5.75 Å². The number of anilines is 1. The van der Waals surface area contributed by atoms with Crippen LogP contribution >= 0.6 is 11.6 Å². The smallest absolute Gasteiger partial charge is 0.271 e. The monoisotopic (exact) mass is 440 g/mol. The van der Waals surface area contributed by atoms with Crippen LogP contribution in [0.5, 0.6) is 5.75 Å². The number of hydrogen-bond acceptors (Lipinski definition) is 5. The normalized spacial score (nSPS) is 12.7. The van der Waals surface area contributed by atoms with E-state index in [-0.39, 0.29) is 27.0 Å². The molecule has 0 aliphatic rings. The van der Waals surface area contributed by atoms with Crippen molar-refractivity contribution in [3.63, 3.8) is 0 Å². The van der Waals surface area contributed by atoms with Crippen molar-refractivity contribution in [3.05, 3.63) is 56.6 Å². The Labute approximate surface area is 175 Å². The van der Waals surface area contributed by atoms with E-state index in [1.165, 1.54) is 24.3 Å². The van der Waals surface area contributed by atoms with Gasteiger partial charge >= 0.3 is 0 Å². The molecule has 0 atom stereocenters. The summed E-state index contributed by atoms with van der Waals surface area (Å²) in [7, 11) is -4.07. The highest BCUT2D eigenvalue weighted by Gasteiger charge is 2.29. The van der Waals surface area contributed by atoms with Gasteiger partial charge in [-0.1, -0.05) is 53.1 Å². The van der Waals surface area contributed by atoms with Gasteiger partial charge in [-0.25, -0.2) is 8.42 Å². The fraction of sp³-hybridized carbons (Fsp3) is 0.400. The van der Waals surface area contributed by atoms with Crippen molar-refractivity contribution < 1.29 is 18.4 Å². The van der Waals surface area contributed by atoms with Gasteiger partial charge in [-0.15, -0.1) is 0 Å². The molecule has 158 valence electrons. The van der Waals surface area contributed by atoms with Crippen LogP contribution in [0, 0.1) is 10.1 Å². The Morgan fingerprint density at radius 2 is 1.48 bits per heavy atom. The SMILES string of the molecule is CC(C)(C)c1cc(S(=O)(=O)Nc2ccc([N+](=O)[O-])cc2Cl)cc(C(C)(C)C)c1O. The third-order valence-electron chi connectivity index (χ3n) is 4.42. The number of phenols is 1. The van der Waals surface area contributed by atoms with Crippen molar-refractivity contribution in [3.8, 4) is 5.75 Å². The van der Waals surface area contributed by atoms with Gasteiger partial charge in [0.05, 0.1) is 20.5 Å². The molecule has 0 unspecified atom stereocenters. The quantitative estimate of drug-likeness (QED) is 0.491. The molecule has 0 heterocycles. The number of aromatic hydroxyl groups is 1. The molecule has 0 aliphatic carbocycles. The largest absolute Gasteiger partial charge is 0.507 e. The molecule has 2 aromatic carbocycles. The van der Waals surface area contributed by atoms with Crippen LogP contribution in [0.25, 0.3) is 0 Å². The number of nitrogens with zero attached hydrogens (tertiary/aromatic N) is 1. The van der Waals surface area contributed by atoms with Crippen molar-refractivity contribution in [2.45, 2.75) is 57.3 Å². The molecule has 7 nitrogen and oxygen atoms in total. The van der Waals surface area contributed by atoms with Crippen LogP contribution in [0.2, 0.25) is 5.02 Å². The maximum absolute atomic E-state index is 13.1. The van der Waals surface area contributed by atoms with Crippen LogP contribution in [-0.4, -0.2) is 18.4 Å². The molecule has 0 saturated carbocycles. The van der Waals surface area contributed by atoms with Crippen LogP contribution in [0.1, 0.15) is 52.7 Å². The summed E-state index contributed by atoms with van der Waals surface area (Å²) < 4.78 is 28.5. The summed E-state index contributed by atoms with van der Waals surface area (Å²) in [6, 6.07) is 6.37. The average Bonchev–Trinajstić information content (AvgIpc) is 2.54. The first-order chi connectivity index (χ1) is 13.0. The maximum Gasteiger partial charge on any atom is 0.271 e. The predicted octanol–water partition coefficient (Wildman–Crippen LogP) is 5.35.